The van der Waals surface area contributed by atoms with Gasteiger partial charge in [-0.2, -0.15) is 0 Å². The van der Waals surface area contributed by atoms with Crippen molar-refractivity contribution in [3.05, 3.63) is 28.2 Å². The maximum Gasteiger partial charge on any atom is 0.336 e. The Hall–Kier alpha value is -1.34. The fourth-order valence-corrected chi connectivity index (χ4v) is 3.42. The van der Waals surface area contributed by atoms with Crippen LogP contribution in [0.1, 0.15) is 23.7 Å². The Labute approximate surface area is 128 Å². The average Bonchev–Trinajstić information content (AvgIpc) is 2.69. The van der Waals surface area contributed by atoms with E-state index in [-0.39, 0.29) is 21.8 Å². The molecule has 0 aliphatic carbocycles. The minimum absolute atomic E-state index is 0.0216. The highest BCUT2D eigenvalue weighted by Crippen LogP contribution is 2.30. The highest BCUT2D eigenvalue weighted by atomic mass is 79.9. The van der Waals surface area contributed by atoms with Crippen LogP contribution in [0.3, 0.4) is 0 Å². The number of carbonyl (C=O) groups is 3. The molecule has 0 bridgehead atoms. The number of rotatable bonds is 3. The van der Waals surface area contributed by atoms with Crippen molar-refractivity contribution in [3.63, 3.8) is 0 Å². The zero-order valence-electron chi connectivity index (χ0n) is 10.6. The molecular formula is C13H12BrNO4S. The van der Waals surface area contributed by atoms with Crippen molar-refractivity contribution in [1.82, 2.24) is 0 Å². The highest BCUT2D eigenvalue weighted by molar-refractivity contribution is 9.10. The first-order valence-electron chi connectivity index (χ1n) is 5.89. The zero-order valence-corrected chi connectivity index (χ0v) is 13.0. The van der Waals surface area contributed by atoms with Crippen LogP contribution < -0.4 is 4.90 Å². The van der Waals surface area contributed by atoms with Gasteiger partial charge in [0, 0.05) is 35.3 Å². The summed E-state index contributed by atoms with van der Waals surface area (Å²) in [5.41, 5.74) is 0.653. The van der Waals surface area contributed by atoms with Crippen LogP contribution in [-0.4, -0.2) is 33.9 Å². The Balaban J connectivity index is 2.24. The monoisotopic (exact) mass is 357 g/mol. The lowest BCUT2D eigenvalue weighted by Crippen LogP contribution is -2.25. The minimum atomic E-state index is -1.06. The molecule has 1 aromatic rings. The molecule has 5 nitrogen and oxygen atoms in total. The predicted octanol–water partition coefficient (Wildman–Crippen LogP) is 2.53. The van der Waals surface area contributed by atoms with Crippen LogP contribution in [0, 0.1) is 0 Å². The first-order chi connectivity index (χ1) is 9.38. The molecule has 1 N–H and O–H groups in total. The quantitative estimate of drug-likeness (QED) is 0.899. The summed E-state index contributed by atoms with van der Waals surface area (Å²) in [6, 6.07) is 4.76. The second kappa shape index (κ2) is 5.97. The van der Waals surface area contributed by atoms with E-state index < -0.39 is 5.97 Å². The van der Waals surface area contributed by atoms with Crippen molar-refractivity contribution < 1.29 is 19.5 Å². The lowest BCUT2D eigenvalue weighted by atomic mass is 10.2. The van der Waals surface area contributed by atoms with Crippen molar-refractivity contribution in [2.24, 2.45) is 0 Å². The number of hydrogen-bond acceptors (Lipinski definition) is 4. The molecule has 1 aliphatic heterocycles. The topological polar surface area (TPSA) is 74.7 Å². The van der Waals surface area contributed by atoms with E-state index in [0.29, 0.717) is 23.1 Å². The zero-order chi connectivity index (χ0) is 14.9. The van der Waals surface area contributed by atoms with Crippen LogP contribution in [-0.2, 0) is 9.59 Å². The molecule has 0 radical (unpaired) electrons. The van der Waals surface area contributed by atoms with E-state index in [2.05, 4.69) is 15.9 Å². The van der Waals surface area contributed by atoms with E-state index in [1.807, 2.05) is 0 Å². The molecule has 7 heteroatoms. The van der Waals surface area contributed by atoms with Crippen molar-refractivity contribution in [2.45, 2.75) is 18.6 Å². The molecule has 1 saturated heterocycles. The van der Waals surface area contributed by atoms with Gasteiger partial charge < -0.3 is 10.0 Å². The van der Waals surface area contributed by atoms with Gasteiger partial charge in [0.05, 0.1) is 5.56 Å². The number of hydrogen-bond donors (Lipinski definition) is 1. The number of benzene rings is 1. The number of aromatic carboxylic acids is 1. The number of amides is 1. The molecule has 1 fully saturated rings. The maximum atomic E-state index is 12.0. The normalized spacial score (nSPS) is 18.4. The fraction of sp³-hybridized carbons (Fsp3) is 0.308. The third-order valence-electron chi connectivity index (χ3n) is 2.91. The Morgan fingerprint density at radius 2 is 2.15 bits per heavy atom. The number of carbonyl (C=O) groups excluding carboxylic acids is 2. The Morgan fingerprint density at radius 1 is 1.45 bits per heavy atom. The summed E-state index contributed by atoms with van der Waals surface area (Å²) in [5, 5.41) is 8.99. The van der Waals surface area contributed by atoms with Gasteiger partial charge >= 0.3 is 5.97 Å². The summed E-state index contributed by atoms with van der Waals surface area (Å²) in [4.78, 5) is 35.7. The molecule has 0 spiro atoms. The van der Waals surface area contributed by atoms with Crippen molar-refractivity contribution in [2.75, 3.05) is 11.4 Å². The molecule has 1 atom stereocenters. The van der Waals surface area contributed by atoms with Gasteiger partial charge in [0.15, 0.2) is 5.12 Å². The van der Waals surface area contributed by atoms with Gasteiger partial charge in [-0.05, 0) is 34.1 Å². The van der Waals surface area contributed by atoms with Crippen molar-refractivity contribution in [1.29, 1.82) is 0 Å². The van der Waals surface area contributed by atoms with Crippen LogP contribution in [0.25, 0.3) is 0 Å². The smallest absolute Gasteiger partial charge is 0.336 e. The summed E-state index contributed by atoms with van der Waals surface area (Å²) in [5.74, 6) is -1.15. The molecule has 1 aromatic carbocycles. The fourth-order valence-electron chi connectivity index (χ4n) is 2.08. The number of carboxylic acid groups (broad SMARTS) is 1. The van der Waals surface area contributed by atoms with Crippen LogP contribution in [0.2, 0.25) is 0 Å². The Morgan fingerprint density at radius 3 is 2.75 bits per heavy atom. The molecule has 0 aromatic heterocycles. The van der Waals surface area contributed by atoms with E-state index in [1.165, 1.54) is 17.9 Å². The van der Waals surface area contributed by atoms with Gasteiger partial charge in [-0.25, -0.2) is 4.79 Å². The molecule has 2 rings (SSSR count). The van der Waals surface area contributed by atoms with Gasteiger partial charge in [-0.1, -0.05) is 11.8 Å². The number of nitrogens with zero attached hydrogens (tertiary/aromatic N) is 1. The van der Waals surface area contributed by atoms with E-state index in [1.54, 1.807) is 12.1 Å². The summed E-state index contributed by atoms with van der Waals surface area (Å²) in [6.07, 6.45) is 0.294. The summed E-state index contributed by atoms with van der Waals surface area (Å²) < 4.78 is 0.468. The summed E-state index contributed by atoms with van der Waals surface area (Å²) >= 11 is 4.32. The first kappa shape index (κ1) is 15.1. The average molecular weight is 358 g/mol. The van der Waals surface area contributed by atoms with Crippen LogP contribution in [0.15, 0.2) is 22.7 Å². The molecule has 1 aliphatic rings. The summed E-state index contributed by atoms with van der Waals surface area (Å²) in [7, 11) is 0. The lowest BCUT2D eigenvalue weighted by molar-refractivity contribution is -0.117. The molecule has 1 unspecified atom stereocenters. The Kier molecular flexibility index (Phi) is 4.49. The SMILES string of the molecule is CC(=O)SC1CC(=O)N(c2ccc(Br)c(C(=O)O)c2)C1. The Bertz CT molecular complexity index is 590. The molecule has 106 valence electrons. The predicted molar refractivity (Wildman–Crippen MR) is 80.1 cm³/mol. The third kappa shape index (κ3) is 3.21. The minimum Gasteiger partial charge on any atom is -0.478 e. The van der Waals surface area contributed by atoms with E-state index in [0.717, 1.165) is 11.8 Å². The van der Waals surface area contributed by atoms with E-state index >= 15 is 0 Å². The number of anilines is 1. The van der Waals surface area contributed by atoms with Gasteiger partial charge in [0.1, 0.15) is 0 Å². The molecule has 20 heavy (non-hydrogen) atoms. The molecular weight excluding hydrogens is 346 g/mol. The summed E-state index contributed by atoms with van der Waals surface area (Å²) in [6.45, 7) is 1.89. The highest BCUT2D eigenvalue weighted by Gasteiger charge is 2.32. The molecule has 1 heterocycles. The van der Waals surface area contributed by atoms with Gasteiger partial charge in [-0.15, -0.1) is 0 Å². The lowest BCUT2D eigenvalue weighted by Gasteiger charge is -2.17. The van der Waals surface area contributed by atoms with Gasteiger partial charge in [0.25, 0.3) is 0 Å². The third-order valence-corrected chi connectivity index (χ3v) is 4.59. The van der Waals surface area contributed by atoms with Crippen LogP contribution in [0.5, 0.6) is 0 Å². The van der Waals surface area contributed by atoms with Crippen LogP contribution in [0.4, 0.5) is 5.69 Å². The number of carboxylic acids is 1. The second-order valence-electron chi connectivity index (χ2n) is 4.41. The van der Waals surface area contributed by atoms with Gasteiger partial charge in [0.2, 0.25) is 5.91 Å². The number of halogens is 1. The van der Waals surface area contributed by atoms with Crippen LogP contribution >= 0.6 is 27.7 Å². The second-order valence-corrected chi connectivity index (χ2v) is 6.74. The molecule has 1 amide bonds. The van der Waals surface area contributed by atoms with Crippen molar-refractivity contribution >= 4 is 50.4 Å². The van der Waals surface area contributed by atoms with Gasteiger partial charge in [-0.3, -0.25) is 9.59 Å². The number of thioether (sulfide) groups is 1. The van der Waals surface area contributed by atoms with Crippen molar-refractivity contribution in [3.8, 4) is 0 Å². The van der Waals surface area contributed by atoms with E-state index in [9.17, 15) is 14.4 Å². The molecule has 0 saturated carbocycles. The maximum absolute atomic E-state index is 12.0. The standard InChI is InChI=1S/C13H12BrNO4S/c1-7(16)20-9-5-12(17)15(6-9)8-2-3-11(14)10(4-8)13(18)19/h2-4,9H,5-6H2,1H3,(H,18,19). The first-order valence-corrected chi connectivity index (χ1v) is 7.56. The largest absolute Gasteiger partial charge is 0.478 e. The van der Waals surface area contributed by atoms with E-state index in [4.69, 9.17) is 5.11 Å².